The number of benzene rings is 1. The molecule has 4 rings (SSSR count). The van der Waals surface area contributed by atoms with Crippen molar-refractivity contribution in [2.45, 2.75) is 31.7 Å². The van der Waals surface area contributed by atoms with Crippen molar-refractivity contribution < 1.29 is 9.47 Å². The number of ether oxygens (including phenoxy) is 2. The van der Waals surface area contributed by atoms with E-state index in [1.807, 2.05) is 24.3 Å². The van der Waals surface area contributed by atoms with E-state index < -0.39 is 0 Å². The van der Waals surface area contributed by atoms with Gasteiger partial charge in [-0.05, 0) is 37.5 Å². The van der Waals surface area contributed by atoms with E-state index in [2.05, 4.69) is 40.2 Å². The van der Waals surface area contributed by atoms with E-state index >= 15 is 0 Å². The second kappa shape index (κ2) is 7.74. The number of nitrogens with one attached hydrogen (secondary N) is 1. The fourth-order valence-corrected chi connectivity index (χ4v) is 3.79. The van der Waals surface area contributed by atoms with Gasteiger partial charge in [-0.3, -0.25) is 4.40 Å². The minimum Gasteiger partial charge on any atom is -0.493 e. The lowest BCUT2D eigenvalue weighted by atomic mass is 9.91. The number of rotatable bonds is 6. The second-order valence-corrected chi connectivity index (χ2v) is 6.76. The zero-order valence-corrected chi connectivity index (χ0v) is 15.8. The van der Waals surface area contributed by atoms with Crippen molar-refractivity contribution in [1.82, 2.24) is 9.38 Å². The molecule has 0 aliphatic heterocycles. The van der Waals surface area contributed by atoms with Crippen LogP contribution < -0.4 is 14.8 Å². The zero-order valence-electron chi connectivity index (χ0n) is 15.8. The van der Waals surface area contributed by atoms with Crippen LogP contribution in [0.4, 0.5) is 5.82 Å². The first kappa shape index (κ1) is 17.5. The van der Waals surface area contributed by atoms with Crippen LogP contribution in [0.1, 0.15) is 36.4 Å². The number of allylic oxidation sites excluding steroid dienone is 2. The van der Waals surface area contributed by atoms with Crippen LogP contribution in [0.3, 0.4) is 0 Å². The van der Waals surface area contributed by atoms with Crippen LogP contribution in [0.5, 0.6) is 11.5 Å². The van der Waals surface area contributed by atoms with E-state index in [4.69, 9.17) is 14.5 Å². The molecule has 0 spiro atoms. The first-order valence-corrected chi connectivity index (χ1v) is 9.37. The van der Waals surface area contributed by atoms with E-state index in [0.29, 0.717) is 12.5 Å². The van der Waals surface area contributed by atoms with Crippen LogP contribution in [0.15, 0.2) is 54.7 Å². The maximum absolute atomic E-state index is 5.57. The lowest BCUT2D eigenvalue weighted by Crippen LogP contribution is -2.09. The lowest BCUT2D eigenvalue weighted by molar-refractivity contribution is 0.352. The number of hydrogen-bond donors (Lipinski definition) is 1. The first-order chi connectivity index (χ1) is 13.3. The zero-order chi connectivity index (χ0) is 18.6. The van der Waals surface area contributed by atoms with Crippen LogP contribution in [0, 0.1) is 0 Å². The van der Waals surface area contributed by atoms with Crippen LogP contribution in [-0.4, -0.2) is 23.6 Å². The fourth-order valence-electron chi connectivity index (χ4n) is 3.79. The normalized spacial score (nSPS) is 16.4. The van der Waals surface area contributed by atoms with Crippen molar-refractivity contribution >= 4 is 11.5 Å². The molecule has 5 heteroatoms. The molecule has 3 aromatic rings. The SMILES string of the molecule is COc1cccc(CNc2c(C3CC=CCC3)nc3ccccn23)c1OC. The molecule has 0 radical (unpaired) electrons. The van der Waals surface area contributed by atoms with Gasteiger partial charge in [0.15, 0.2) is 11.5 Å². The fraction of sp³-hybridized carbons (Fsp3) is 0.318. The van der Waals surface area contributed by atoms with E-state index in [9.17, 15) is 0 Å². The number of hydrogen-bond acceptors (Lipinski definition) is 4. The highest BCUT2D eigenvalue weighted by Crippen LogP contribution is 2.35. The van der Waals surface area contributed by atoms with Crippen molar-refractivity contribution in [3.8, 4) is 11.5 Å². The van der Waals surface area contributed by atoms with E-state index in [0.717, 1.165) is 53.5 Å². The average molecular weight is 363 g/mol. The molecule has 0 bridgehead atoms. The summed E-state index contributed by atoms with van der Waals surface area (Å²) in [5.41, 5.74) is 3.17. The molecule has 0 saturated heterocycles. The number of aromatic nitrogens is 2. The van der Waals surface area contributed by atoms with Crippen LogP contribution in [0.25, 0.3) is 5.65 Å². The van der Waals surface area contributed by atoms with Gasteiger partial charge in [0.25, 0.3) is 0 Å². The number of fused-ring (bicyclic) bond motifs is 1. The quantitative estimate of drug-likeness (QED) is 0.640. The molecule has 1 unspecified atom stereocenters. The highest BCUT2D eigenvalue weighted by Gasteiger charge is 2.22. The molecule has 1 aromatic carbocycles. The third-order valence-electron chi connectivity index (χ3n) is 5.14. The van der Waals surface area contributed by atoms with Gasteiger partial charge in [0.2, 0.25) is 0 Å². The van der Waals surface area contributed by atoms with Gasteiger partial charge in [-0.1, -0.05) is 30.4 Å². The number of pyridine rings is 1. The van der Waals surface area contributed by atoms with Gasteiger partial charge in [0, 0.05) is 24.2 Å². The van der Waals surface area contributed by atoms with Gasteiger partial charge in [-0.15, -0.1) is 0 Å². The van der Waals surface area contributed by atoms with Crippen molar-refractivity contribution in [3.05, 3.63) is 66.0 Å². The van der Waals surface area contributed by atoms with Gasteiger partial charge in [0.05, 0.1) is 19.9 Å². The van der Waals surface area contributed by atoms with E-state index in [-0.39, 0.29) is 0 Å². The minimum absolute atomic E-state index is 0.449. The molecular weight excluding hydrogens is 338 g/mol. The molecule has 1 atom stereocenters. The van der Waals surface area contributed by atoms with Crippen LogP contribution >= 0.6 is 0 Å². The number of para-hydroxylation sites is 1. The van der Waals surface area contributed by atoms with Crippen molar-refractivity contribution in [1.29, 1.82) is 0 Å². The molecule has 140 valence electrons. The predicted octanol–water partition coefficient (Wildman–Crippen LogP) is 4.79. The van der Waals surface area contributed by atoms with E-state index in [1.165, 1.54) is 0 Å². The average Bonchev–Trinajstić information content (AvgIpc) is 3.11. The number of nitrogens with zero attached hydrogens (tertiary/aromatic N) is 2. The Hall–Kier alpha value is -2.95. The Morgan fingerprint density at radius 1 is 1.11 bits per heavy atom. The summed E-state index contributed by atoms with van der Waals surface area (Å²) < 4.78 is 13.1. The first-order valence-electron chi connectivity index (χ1n) is 9.37. The standard InChI is InChI=1S/C22H25N3O2/c1-26-18-12-8-11-17(21(18)27-2)15-23-22-20(16-9-4-3-5-10-16)24-19-13-6-7-14-25(19)22/h3-4,6-8,11-14,16,23H,5,9-10,15H2,1-2H3. The Balaban J connectivity index is 1.68. The smallest absolute Gasteiger partial charge is 0.165 e. The van der Waals surface area contributed by atoms with Crippen LogP contribution in [0.2, 0.25) is 0 Å². The minimum atomic E-state index is 0.449. The third kappa shape index (κ3) is 3.37. The topological polar surface area (TPSA) is 47.8 Å². The molecule has 1 aliphatic rings. The summed E-state index contributed by atoms with van der Waals surface area (Å²) in [4.78, 5) is 4.94. The Morgan fingerprint density at radius 2 is 2.04 bits per heavy atom. The number of anilines is 1. The number of methoxy groups -OCH3 is 2. The maximum atomic E-state index is 5.57. The Morgan fingerprint density at radius 3 is 2.81 bits per heavy atom. The molecule has 2 aromatic heterocycles. The summed E-state index contributed by atoms with van der Waals surface area (Å²) in [7, 11) is 3.34. The van der Waals surface area contributed by atoms with Gasteiger partial charge in [-0.25, -0.2) is 4.98 Å². The molecule has 0 saturated carbocycles. The Kier molecular flexibility index (Phi) is 5.01. The summed E-state index contributed by atoms with van der Waals surface area (Å²) in [6.45, 7) is 0.638. The molecular formula is C22H25N3O2. The molecule has 1 aliphatic carbocycles. The van der Waals surface area contributed by atoms with E-state index in [1.54, 1.807) is 14.2 Å². The van der Waals surface area contributed by atoms with Gasteiger partial charge in [-0.2, -0.15) is 0 Å². The molecule has 0 fully saturated rings. The largest absolute Gasteiger partial charge is 0.493 e. The summed E-state index contributed by atoms with van der Waals surface area (Å²) in [6, 6.07) is 12.1. The van der Waals surface area contributed by atoms with Gasteiger partial charge >= 0.3 is 0 Å². The monoisotopic (exact) mass is 363 g/mol. The summed E-state index contributed by atoms with van der Waals surface area (Å²) in [5, 5.41) is 3.62. The third-order valence-corrected chi connectivity index (χ3v) is 5.14. The lowest BCUT2D eigenvalue weighted by Gasteiger charge is -2.19. The predicted molar refractivity (Wildman–Crippen MR) is 108 cm³/mol. The molecule has 1 N–H and O–H groups in total. The molecule has 5 nitrogen and oxygen atoms in total. The van der Waals surface area contributed by atoms with Gasteiger partial charge < -0.3 is 14.8 Å². The highest BCUT2D eigenvalue weighted by molar-refractivity contribution is 5.57. The summed E-state index contributed by atoms with van der Waals surface area (Å²) in [5.74, 6) is 3.02. The molecule has 0 amide bonds. The summed E-state index contributed by atoms with van der Waals surface area (Å²) >= 11 is 0. The van der Waals surface area contributed by atoms with Crippen molar-refractivity contribution in [2.75, 3.05) is 19.5 Å². The highest BCUT2D eigenvalue weighted by atomic mass is 16.5. The maximum Gasteiger partial charge on any atom is 0.165 e. The van der Waals surface area contributed by atoms with Crippen molar-refractivity contribution in [2.24, 2.45) is 0 Å². The van der Waals surface area contributed by atoms with Crippen molar-refractivity contribution in [3.63, 3.8) is 0 Å². The van der Waals surface area contributed by atoms with Crippen LogP contribution in [-0.2, 0) is 6.54 Å². The molecule has 2 heterocycles. The number of imidazole rings is 1. The van der Waals surface area contributed by atoms with Gasteiger partial charge in [0.1, 0.15) is 11.5 Å². The molecule has 27 heavy (non-hydrogen) atoms. The Bertz CT molecular complexity index is 961. The summed E-state index contributed by atoms with van der Waals surface area (Å²) in [6.07, 6.45) is 9.89. The Labute approximate surface area is 159 Å². The second-order valence-electron chi connectivity index (χ2n) is 6.76.